The fourth-order valence-corrected chi connectivity index (χ4v) is 2.72. The summed E-state index contributed by atoms with van der Waals surface area (Å²) in [6.45, 7) is 0.793. The third-order valence-corrected chi connectivity index (χ3v) is 3.95. The zero-order valence-electron chi connectivity index (χ0n) is 12.4. The van der Waals surface area contributed by atoms with Gasteiger partial charge in [-0.2, -0.15) is 0 Å². The Labute approximate surface area is 129 Å². The summed E-state index contributed by atoms with van der Waals surface area (Å²) in [5.41, 5.74) is 1.08. The smallest absolute Gasteiger partial charge is 0.242 e. The normalized spacial score (nSPS) is 20.2. The van der Waals surface area contributed by atoms with E-state index in [0.717, 1.165) is 29.9 Å². The maximum atomic E-state index is 12.1. The first-order valence-electron chi connectivity index (χ1n) is 7.68. The maximum absolute atomic E-state index is 12.1. The summed E-state index contributed by atoms with van der Waals surface area (Å²) in [6.07, 6.45) is 3.69. The van der Waals surface area contributed by atoms with Crippen LogP contribution in [0.2, 0.25) is 0 Å². The van der Waals surface area contributed by atoms with E-state index < -0.39 is 6.04 Å². The van der Waals surface area contributed by atoms with E-state index in [0.29, 0.717) is 25.8 Å². The molecule has 0 spiro atoms. The standard InChI is InChI=1S/C16H20N2O4/c19-15-4-2-1-3-12(18-15)16(20)17-8-7-11-5-6-13-14(9-11)22-10-21-13/h5-6,9,12H,1-4,7-8,10H2,(H,17,20)(H,18,19). The number of rotatable bonds is 4. The average molecular weight is 304 g/mol. The Morgan fingerprint density at radius 1 is 1.27 bits per heavy atom. The minimum absolute atomic E-state index is 0.0339. The Hall–Kier alpha value is -2.24. The van der Waals surface area contributed by atoms with Crippen molar-refractivity contribution in [2.75, 3.05) is 13.3 Å². The average Bonchev–Trinajstić information content (AvgIpc) is 2.87. The van der Waals surface area contributed by atoms with Crippen molar-refractivity contribution in [1.29, 1.82) is 0 Å². The molecule has 2 aliphatic heterocycles. The van der Waals surface area contributed by atoms with E-state index in [2.05, 4.69) is 10.6 Å². The van der Waals surface area contributed by atoms with Gasteiger partial charge in [0.25, 0.3) is 0 Å². The summed E-state index contributed by atoms with van der Waals surface area (Å²) in [7, 11) is 0. The molecule has 1 unspecified atom stereocenters. The Bertz CT molecular complexity index is 573. The number of fused-ring (bicyclic) bond motifs is 1. The molecule has 2 N–H and O–H groups in total. The van der Waals surface area contributed by atoms with Crippen LogP contribution in [0.5, 0.6) is 11.5 Å². The summed E-state index contributed by atoms with van der Waals surface area (Å²) in [6, 6.07) is 5.38. The lowest BCUT2D eigenvalue weighted by Gasteiger charge is -2.15. The van der Waals surface area contributed by atoms with Crippen LogP contribution >= 0.6 is 0 Å². The van der Waals surface area contributed by atoms with Gasteiger partial charge in [-0.05, 0) is 37.0 Å². The molecule has 118 valence electrons. The molecule has 2 heterocycles. The first-order chi connectivity index (χ1) is 10.7. The molecule has 2 amide bonds. The van der Waals surface area contributed by atoms with Crippen molar-refractivity contribution in [2.24, 2.45) is 0 Å². The van der Waals surface area contributed by atoms with Crippen molar-refractivity contribution in [3.05, 3.63) is 23.8 Å². The molecule has 6 nitrogen and oxygen atoms in total. The lowest BCUT2D eigenvalue weighted by molar-refractivity contribution is -0.128. The third kappa shape index (κ3) is 3.50. The number of amides is 2. The molecule has 2 aliphatic rings. The summed E-state index contributed by atoms with van der Waals surface area (Å²) >= 11 is 0. The number of ether oxygens (including phenoxy) is 2. The van der Waals surface area contributed by atoms with Crippen LogP contribution < -0.4 is 20.1 Å². The molecule has 3 rings (SSSR count). The van der Waals surface area contributed by atoms with Crippen molar-refractivity contribution in [3.63, 3.8) is 0 Å². The summed E-state index contributed by atoms with van der Waals surface area (Å²) in [5.74, 6) is 1.37. The van der Waals surface area contributed by atoms with Gasteiger partial charge >= 0.3 is 0 Å². The highest BCUT2D eigenvalue weighted by molar-refractivity contribution is 5.87. The quantitative estimate of drug-likeness (QED) is 0.874. The molecule has 0 saturated carbocycles. The van der Waals surface area contributed by atoms with Crippen LogP contribution in [-0.4, -0.2) is 31.2 Å². The Kier molecular flexibility index (Phi) is 4.46. The number of carbonyl (C=O) groups excluding carboxylic acids is 2. The van der Waals surface area contributed by atoms with Crippen LogP contribution in [0.4, 0.5) is 0 Å². The van der Waals surface area contributed by atoms with Gasteiger partial charge < -0.3 is 20.1 Å². The second-order valence-corrected chi connectivity index (χ2v) is 5.59. The molecule has 0 aliphatic carbocycles. The van der Waals surface area contributed by atoms with Gasteiger partial charge in [0.1, 0.15) is 6.04 Å². The van der Waals surface area contributed by atoms with Gasteiger partial charge in [0.2, 0.25) is 18.6 Å². The molecule has 1 fully saturated rings. The van der Waals surface area contributed by atoms with Crippen LogP contribution in [-0.2, 0) is 16.0 Å². The predicted octanol–water partition coefficient (Wildman–Crippen LogP) is 1.13. The van der Waals surface area contributed by atoms with Gasteiger partial charge in [-0.15, -0.1) is 0 Å². The zero-order valence-corrected chi connectivity index (χ0v) is 12.4. The number of carbonyl (C=O) groups is 2. The molecule has 6 heteroatoms. The van der Waals surface area contributed by atoms with Crippen molar-refractivity contribution in [2.45, 2.75) is 38.1 Å². The number of hydrogen-bond acceptors (Lipinski definition) is 4. The van der Waals surface area contributed by atoms with E-state index >= 15 is 0 Å². The van der Waals surface area contributed by atoms with Gasteiger partial charge in [-0.25, -0.2) is 0 Å². The number of nitrogens with one attached hydrogen (secondary N) is 2. The second kappa shape index (κ2) is 6.68. The lowest BCUT2D eigenvalue weighted by Crippen LogP contribution is -2.46. The van der Waals surface area contributed by atoms with Crippen LogP contribution in [0.3, 0.4) is 0 Å². The van der Waals surface area contributed by atoms with Crippen molar-refractivity contribution >= 4 is 11.8 Å². The zero-order chi connectivity index (χ0) is 15.4. The third-order valence-electron chi connectivity index (χ3n) is 3.95. The van der Waals surface area contributed by atoms with Gasteiger partial charge in [-0.1, -0.05) is 12.5 Å². The molecule has 1 atom stereocenters. The maximum Gasteiger partial charge on any atom is 0.242 e. The second-order valence-electron chi connectivity index (χ2n) is 5.59. The summed E-state index contributed by atoms with van der Waals surface area (Å²) in [4.78, 5) is 23.6. The highest BCUT2D eigenvalue weighted by Gasteiger charge is 2.22. The molecule has 0 bridgehead atoms. The van der Waals surface area contributed by atoms with Crippen molar-refractivity contribution in [1.82, 2.24) is 10.6 Å². The minimum atomic E-state index is -0.397. The highest BCUT2D eigenvalue weighted by Crippen LogP contribution is 2.32. The van der Waals surface area contributed by atoms with Crippen molar-refractivity contribution in [3.8, 4) is 11.5 Å². The number of hydrogen-bond donors (Lipinski definition) is 2. The van der Waals surface area contributed by atoms with Gasteiger partial charge in [0.05, 0.1) is 0 Å². The fraction of sp³-hybridized carbons (Fsp3) is 0.500. The molecular formula is C16H20N2O4. The Balaban J connectivity index is 1.48. The molecule has 1 aromatic carbocycles. The number of benzene rings is 1. The molecule has 1 aromatic rings. The summed E-state index contributed by atoms with van der Waals surface area (Å²) < 4.78 is 10.6. The Morgan fingerprint density at radius 2 is 2.14 bits per heavy atom. The molecule has 22 heavy (non-hydrogen) atoms. The SMILES string of the molecule is O=C1CCCCC(C(=O)NCCc2ccc3c(c2)OCO3)N1. The first-order valence-corrected chi connectivity index (χ1v) is 7.68. The fourth-order valence-electron chi connectivity index (χ4n) is 2.72. The first kappa shape index (κ1) is 14.7. The predicted molar refractivity (Wildman–Crippen MR) is 79.7 cm³/mol. The molecule has 0 radical (unpaired) electrons. The van der Waals surface area contributed by atoms with Crippen LogP contribution in [0.15, 0.2) is 18.2 Å². The van der Waals surface area contributed by atoms with E-state index in [4.69, 9.17) is 9.47 Å². The molecule has 0 aromatic heterocycles. The van der Waals surface area contributed by atoms with Crippen LogP contribution in [0.1, 0.15) is 31.2 Å². The van der Waals surface area contributed by atoms with Crippen molar-refractivity contribution < 1.29 is 19.1 Å². The highest BCUT2D eigenvalue weighted by atomic mass is 16.7. The van der Waals surface area contributed by atoms with E-state index in [-0.39, 0.29) is 18.6 Å². The van der Waals surface area contributed by atoms with E-state index in [1.54, 1.807) is 0 Å². The van der Waals surface area contributed by atoms with Gasteiger partial charge in [-0.3, -0.25) is 9.59 Å². The van der Waals surface area contributed by atoms with Gasteiger partial charge in [0.15, 0.2) is 11.5 Å². The van der Waals surface area contributed by atoms with Gasteiger partial charge in [0, 0.05) is 13.0 Å². The van der Waals surface area contributed by atoms with E-state index in [1.807, 2.05) is 18.2 Å². The molecule has 1 saturated heterocycles. The molecular weight excluding hydrogens is 284 g/mol. The van der Waals surface area contributed by atoms with Crippen LogP contribution in [0.25, 0.3) is 0 Å². The van der Waals surface area contributed by atoms with E-state index in [9.17, 15) is 9.59 Å². The summed E-state index contributed by atoms with van der Waals surface area (Å²) in [5, 5.41) is 5.66. The largest absolute Gasteiger partial charge is 0.454 e. The lowest BCUT2D eigenvalue weighted by atomic mass is 10.1. The van der Waals surface area contributed by atoms with Crippen LogP contribution in [0, 0.1) is 0 Å². The topological polar surface area (TPSA) is 76.7 Å². The minimum Gasteiger partial charge on any atom is -0.454 e. The monoisotopic (exact) mass is 304 g/mol. The van der Waals surface area contributed by atoms with E-state index in [1.165, 1.54) is 0 Å². The Morgan fingerprint density at radius 3 is 3.05 bits per heavy atom.